The van der Waals surface area contributed by atoms with E-state index in [4.69, 9.17) is 5.11 Å². The molecule has 0 aliphatic heterocycles. The van der Waals surface area contributed by atoms with Crippen LogP contribution in [0, 0.1) is 0 Å². The second-order valence-electron chi connectivity index (χ2n) is 3.52. The van der Waals surface area contributed by atoms with Crippen molar-refractivity contribution in [2.24, 2.45) is 0 Å². The van der Waals surface area contributed by atoms with Crippen LogP contribution in [0.5, 0.6) is 0 Å². The molecule has 0 aliphatic carbocycles. The first-order valence-electron chi connectivity index (χ1n) is 5.18. The number of carboxylic acids is 1. The van der Waals surface area contributed by atoms with E-state index in [2.05, 4.69) is 10.3 Å². The average Bonchev–Trinajstić information content (AvgIpc) is 2.79. The Bertz CT molecular complexity index is 496. The second-order valence-corrected chi connectivity index (χ2v) is 4.46. The first kappa shape index (κ1) is 11.8. The standard InChI is InChI=1S/C12H12N2O2S/c15-12(16)10-8-17-11(14-10)7-13-6-9-4-2-1-3-5-9/h1-5,8,13H,6-7H2,(H,15,16). The SMILES string of the molecule is O=C(O)c1csc(CNCc2ccccc2)n1. The van der Waals surface area contributed by atoms with Gasteiger partial charge in [0.2, 0.25) is 0 Å². The first-order chi connectivity index (χ1) is 8.25. The molecular weight excluding hydrogens is 236 g/mol. The van der Waals surface area contributed by atoms with E-state index in [1.165, 1.54) is 16.9 Å². The Morgan fingerprint density at radius 3 is 2.71 bits per heavy atom. The number of hydrogen-bond acceptors (Lipinski definition) is 4. The molecule has 0 saturated heterocycles. The number of aromatic nitrogens is 1. The van der Waals surface area contributed by atoms with E-state index in [0.717, 1.165) is 11.6 Å². The van der Waals surface area contributed by atoms with Gasteiger partial charge in [-0.25, -0.2) is 9.78 Å². The van der Waals surface area contributed by atoms with Crippen LogP contribution >= 0.6 is 11.3 Å². The van der Waals surface area contributed by atoms with Crippen LogP contribution in [0.4, 0.5) is 0 Å². The number of rotatable bonds is 5. The number of nitrogens with one attached hydrogen (secondary N) is 1. The molecule has 0 amide bonds. The van der Waals surface area contributed by atoms with E-state index < -0.39 is 5.97 Å². The van der Waals surface area contributed by atoms with E-state index in [0.29, 0.717) is 6.54 Å². The molecular formula is C12H12N2O2S. The van der Waals surface area contributed by atoms with Crippen LogP contribution in [0.15, 0.2) is 35.7 Å². The van der Waals surface area contributed by atoms with E-state index in [9.17, 15) is 4.79 Å². The third-order valence-corrected chi connectivity index (χ3v) is 3.07. The highest BCUT2D eigenvalue weighted by atomic mass is 32.1. The predicted molar refractivity (Wildman–Crippen MR) is 66.1 cm³/mol. The summed E-state index contributed by atoms with van der Waals surface area (Å²) in [7, 11) is 0. The Kier molecular flexibility index (Phi) is 3.85. The largest absolute Gasteiger partial charge is 0.476 e. The van der Waals surface area contributed by atoms with Gasteiger partial charge in [0.15, 0.2) is 5.69 Å². The van der Waals surface area contributed by atoms with E-state index in [-0.39, 0.29) is 5.69 Å². The van der Waals surface area contributed by atoms with Crippen LogP contribution in [0.1, 0.15) is 21.1 Å². The summed E-state index contributed by atoms with van der Waals surface area (Å²) in [6.07, 6.45) is 0. The van der Waals surface area contributed by atoms with Gasteiger partial charge in [0.1, 0.15) is 5.01 Å². The fourth-order valence-electron chi connectivity index (χ4n) is 1.40. The maximum atomic E-state index is 10.6. The van der Waals surface area contributed by atoms with Gasteiger partial charge in [-0.3, -0.25) is 0 Å². The highest BCUT2D eigenvalue weighted by Crippen LogP contribution is 2.09. The van der Waals surface area contributed by atoms with Crippen LogP contribution in [-0.2, 0) is 13.1 Å². The maximum Gasteiger partial charge on any atom is 0.355 e. The molecule has 2 N–H and O–H groups in total. The summed E-state index contributed by atoms with van der Waals surface area (Å²) in [5, 5.41) is 14.3. The van der Waals surface area contributed by atoms with Crippen molar-refractivity contribution < 1.29 is 9.90 Å². The van der Waals surface area contributed by atoms with Crippen LogP contribution in [0.25, 0.3) is 0 Å². The molecule has 5 heteroatoms. The van der Waals surface area contributed by atoms with Crippen LogP contribution < -0.4 is 5.32 Å². The van der Waals surface area contributed by atoms with Crippen molar-refractivity contribution in [2.75, 3.05) is 0 Å². The van der Waals surface area contributed by atoms with Crippen molar-refractivity contribution in [1.82, 2.24) is 10.3 Å². The second kappa shape index (κ2) is 5.56. The number of carbonyl (C=O) groups is 1. The summed E-state index contributed by atoms with van der Waals surface area (Å²) in [6, 6.07) is 10.0. The van der Waals surface area contributed by atoms with Gasteiger partial charge in [0.25, 0.3) is 0 Å². The molecule has 2 aromatic rings. The zero-order chi connectivity index (χ0) is 12.1. The predicted octanol–water partition coefficient (Wildman–Crippen LogP) is 2.13. The van der Waals surface area contributed by atoms with E-state index in [1.54, 1.807) is 5.38 Å². The van der Waals surface area contributed by atoms with Gasteiger partial charge in [-0.15, -0.1) is 11.3 Å². The first-order valence-corrected chi connectivity index (χ1v) is 6.06. The van der Waals surface area contributed by atoms with Gasteiger partial charge in [0.05, 0.1) is 0 Å². The van der Waals surface area contributed by atoms with Crippen LogP contribution in [-0.4, -0.2) is 16.1 Å². The summed E-state index contributed by atoms with van der Waals surface area (Å²) in [5.41, 5.74) is 1.31. The molecule has 0 bridgehead atoms. The van der Waals surface area contributed by atoms with Crippen LogP contribution in [0.2, 0.25) is 0 Å². The smallest absolute Gasteiger partial charge is 0.355 e. The molecule has 2 rings (SSSR count). The number of aromatic carboxylic acids is 1. The molecule has 0 saturated carbocycles. The number of carboxylic acid groups (broad SMARTS) is 1. The summed E-state index contributed by atoms with van der Waals surface area (Å²) in [4.78, 5) is 14.6. The Balaban J connectivity index is 1.84. The highest BCUT2D eigenvalue weighted by Gasteiger charge is 2.07. The molecule has 4 nitrogen and oxygen atoms in total. The lowest BCUT2D eigenvalue weighted by atomic mass is 10.2. The van der Waals surface area contributed by atoms with Crippen molar-refractivity contribution in [3.8, 4) is 0 Å². The fraction of sp³-hybridized carbons (Fsp3) is 0.167. The lowest BCUT2D eigenvalue weighted by Gasteiger charge is -2.01. The summed E-state index contributed by atoms with van der Waals surface area (Å²) in [6.45, 7) is 1.34. The molecule has 17 heavy (non-hydrogen) atoms. The Hall–Kier alpha value is -1.72. The van der Waals surface area contributed by atoms with Crippen molar-refractivity contribution in [1.29, 1.82) is 0 Å². The van der Waals surface area contributed by atoms with Crippen molar-refractivity contribution in [3.63, 3.8) is 0 Å². The number of hydrogen-bond donors (Lipinski definition) is 2. The topological polar surface area (TPSA) is 62.2 Å². The van der Waals surface area contributed by atoms with Gasteiger partial charge in [-0.05, 0) is 5.56 Å². The lowest BCUT2D eigenvalue weighted by molar-refractivity contribution is 0.0691. The molecule has 0 unspecified atom stereocenters. The zero-order valence-electron chi connectivity index (χ0n) is 9.09. The third kappa shape index (κ3) is 3.37. The van der Waals surface area contributed by atoms with Gasteiger partial charge < -0.3 is 10.4 Å². The molecule has 0 radical (unpaired) electrons. The summed E-state index contributed by atoms with van der Waals surface area (Å²) >= 11 is 1.36. The molecule has 1 aromatic heterocycles. The van der Waals surface area contributed by atoms with Gasteiger partial charge in [0, 0.05) is 18.5 Å². The molecule has 1 heterocycles. The Morgan fingerprint density at radius 1 is 1.29 bits per heavy atom. The minimum atomic E-state index is -0.976. The van der Waals surface area contributed by atoms with Gasteiger partial charge in [-0.1, -0.05) is 30.3 Å². The molecule has 1 aromatic carbocycles. The molecule has 88 valence electrons. The van der Waals surface area contributed by atoms with Crippen molar-refractivity contribution in [3.05, 3.63) is 52.0 Å². The minimum Gasteiger partial charge on any atom is -0.476 e. The monoisotopic (exact) mass is 248 g/mol. The summed E-state index contributed by atoms with van der Waals surface area (Å²) < 4.78 is 0. The van der Waals surface area contributed by atoms with Gasteiger partial charge in [-0.2, -0.15) is 0 Å². The quantitative estimate of drug-likeness (QED) is 0.851. The number of benzene rings is 1. The molecule has 0 aliphatic rings. The maximum absolute atomic E-state index is 10.6. The van der Waals surface area contributed by atoms with E-state index >= 15 is 0 Å². The minimum absolute atomic E-state index is 0.117. The summed E-state index contributed by atoms with van der Waals surface area (Å²) in [5.74, 6) is -0.976. The number of nitrogens with zero attached hydrogens (tertiary/aromatic N) is 1. The zero-order valence-corrected chi connectivity index (χ0v) is 9.91. The highest BCUT2D eigenvalue weighted by molar-refractivity contribution is 7.09. The molecule has 0 atom stereocenters. The lowest BCUT2D eigenvalue weighted by Crippen LogP contribution is -2.12. The fourth-order valence-corrected chi connectivity index (χ4v) is 2.14. The van der Waals surface area contributed by atoms with Gasteiger partial charge >= 0.3 is 5.97 Å². The average molecular weight is 248 g/mol. The van der Waals surface area contributed by atoms with E-state index in [1.807, 2.05) is 30.3 Å². The Morgan fingerprint density at radius 2 is 2.06 bits per heavy atom. The van der Waals surface area contributed by atoms with Crippen molar-refractivity contribution >= 4 is 17.3 Å². The molecule has 0 fully saturated rings. The van der Waals surface area contributed by atoms with Crippen LogP contribution in [0.3, 0.4) is 0 Å². The molecule has 0 spiro atoms. The van der Waals surface area contributed by atoms with Crippen molar-refractivity contribution in [2.45, 2.75) is 13.1 Å². The number of thiazole rings is 1. The third-order valence-electron chi connectivity index (χ3n) is 2.22. The normalized spacial score (nSPS) is 10.4. The Labute approximate surface area is 103 Å².